The number of nitrogens with zero attached hydrogens (tertiary/aromatic N) is 4. The van der Waals surface area contributed by atoms with Crippen molar-refractivity contribution >= 4 is 110 Å². The molecule has 0 unspecified atom stereocenters. The Bertz CT molecular complexity index is 3450. The van der Waals surface area contributed by atoms with Crippen LogP contribution >= 0.6 is 11.3 Å². The summed E-state index contributed by atoms with van der Waals surface area (Å²) in [5, 5.41) is 13.8. The average Bonchev–Trinajstić information content (AvgIpc) is 3.99. The lowest BCUT2D eigenvalue weighted by molar-refractivity contribution is 1.14. The number of pyridine rings is 2. The number of benzene rings is 7. The Morgan fingerprint density at radius 2 is 1.09 bits per heavy atom. The van der Waals surface area contributed by atoms with Crippen molar-refractivity contribution in [1.82, 2.24) is 18.9 Å². The van der Waals surface area contributed by atoms with Gasteiger partial charge in [-0.05, 0) is 74.7 Å². The molecule has 262 valence electrons. The summed E-state index contributed by atoms with van der Waals surface area (Å²) in [5.74, 6) is 0. The Hall–Kier alpha value is -6.86. The molecule has 7 aromatic carbocycles. The second kappa shape index (κ2) is 12.1. The molecule has 0 fully saturated rings. The maximum atomic E-state index is 5.05. The number of para-hydroxylation sites is 1. The van der Waals surface area contributed by atoms with Gasteiger partial charge in [-0.1, -0.05) is 127 Å². The lowest BCUT2D eigenvalue weighted by atomic mass is 10.1. The third-order valence-electron chi connectivity index (χ3n) is 11.8. The summed E-state index contributed by atoms with van der Waals surface area (Å²) >= 11 is 1.86. The molecule has 12 rings (SSSR count). The van der Waals surface area contributed by atoms with Crippen LogP contribution < -0.4 is 20.7 Å². The Kier molecular flexibility index (Phi) is 6.79. The average molecular weight is 749 g/mol. The Labute approximate surface area is 327 Å². The van der Waals surface area contributed by atoms with Crippen molar-refractivity contribution in [2.24, 2.45) is 0 Å². The van der Waals surface area contributed by atoms with Gasteiger partial charge in [-0.3, -0.25) is 8.97 Å². The van der Waals surface area contributed by atoms with E-state index in [0.717, 1.165) is 38.8 Å². The lowest BCUT2D eigenvalue weighted by Crippen LogP contribution is -2.74. The van der Waals surface area contributed by atoms with E-state index in [0.29, 0.717) is 0 Å². The van der Waals surface area contributed by atoms with E-state index in [-0.39, 0.29) is 0 Å². The van der Waals surface area contributed by atoms with Crippen molar-refractivity contribution in [1.29, 1.82) is 0 Å². The number of imidazole rings is 1. The minimum absolute atomic E-state index is 0.965. The van der Waals surface area contributed by atoms with E-state index >= 15 is 0 Å². The van der Waals surface area contributed by atoms with Crippen LogP contribution in [0.25, 0.3) is 75.1 Å². The first kappa shape index (κ1) is 31.5. The predicted molar refractivity (Wildman–Crippen MR) is 239 cm³/mol. The maximum Gasteiger partial charge on any atom is 0.179 e. The summed E-state index contributed by atoms with van der Waals surface area (Å²) in [6.45, 7) is 0. The highest BCUT2D eigenvalue weighted by molar-refractivity contribution is 7.26. The van der Waals surface area contributed by atoms with Crippen LogP contribution in [0.1, 0.15) is 0 Å². The summed E-state index contributed by atoms with van der Waals surface area (Å²) in [4.78, 5) is 10.00. The molecule has 0 saturated carbocycles. The van der Waals surface area contributed by atoms with Gasteiger partial charge in [0.1, 0.15) is 11.3 Å². The van der Waals surface area contributed by atoms with Gasteiger partial charge >= 0.3 is 0 Å². The van der Waals surface area contributed by atoms with Crippen LogP contribution in [0.3, 0.4) is 0 Å². The first-order valence-electron chi connectivity index (χ1n) is 19.0. The molecule has 5 heterocycles. The van der Waals surface area contributed by atoms with E-state index in [2.05, 4.69) is 191 Å². The number of aromatic nitrogens is 4. The molecular weight excluding hydrogens is 717 g/mol. The van der Waals surface area contributed by atoms with E-state index in [4.69, 9.17) is 9.97 Å². The van der Waals surface area contributed by atoms with Crippen LogP contribution in [0.2, 0.25) is 0 Å². The summed E-state index contributed by atoms with van der Waals surface area (Å²) in [6, 6.07) is 65.3. The molecule has 6 heteroatoms. The molecule has 0 aliphatic heterocycles. The zero-order valence-corrected chi connectivity index (χ0v) is 32.0. The van der Waals surface area contributed by atoms with Gasteiger partial charge in [0.2, 0.25) is 0 Å². The summed E-state index contributed by atoms with van der Waals surface area (Å²) in [6.07, 6.45) is 5.92. The quantitative estimate of drug-likeness (QED) is 0.0999. The maximum absolute atomic E-state index is 5.05. The van der Waals surface area contributed by atoms with Crippen molar-refractivity contribution in [2.45, 2.75) is 0 Å². The van der Waals surface area contributed by atoms with E-state index in [9.17, 15) is 0 Å². The van der Waals surface area contributed by atoms with Crippen LogP contribution in [0.15, 0.2) is 195 Å². The van der Waals surface area contributed by atoms with Crippen molar-refractivity contribution in [3.05, 3.63) is 195 Å². The Morgan fingerprint density at radius 1 is 0.393 bits per heavy atom. The van der Waals surface area contributed by atoms with Crippen LogP contribution in [0.5, 0.6) is 0 Å². The highest BCUT2D eigenvalue weighted by Gasteiger charge is 2.42. The standard InChI is InChI=1S/C50H32N4SSi/c1-3-14-34(15-4-1)56(35-16-5-2-6-17-35,37-24-25-38-39-19-7-9-22-45(39)53-28-27-52-49(53)44(38)30-37)36-18-11-13-33(29-36)54-46-31-43-40-20-8-10-23-47(40)55-48(43)32-42(46)41-21-12-26-51-50(41)54/h1-32H. The third kappa shape index (κ3) is 4.39. The first-order valence-corrected chi connectivity index (χ1v) is 21.8. The molecule has 12 aromatic rings. The second-order valence-corrected chi connectivity index (χ2v) is 19.5. The Morgan fingerprint density at radius 3 is 1.93 bits per heavy atom. The van der Waals surface area contributed by atoms with Crippen molar-refractivity contribution in [2.75, 3.05) is 0 Å². The predicted octanol–water partition coefficient (Wildman–Crippen LogP) is 9.88. The molecule has 5 aromatic heterocycles. The minimum atomic E-state index is -2.97. The fraction of sp³-hybridized carbons (Fsp3) is 0. The summed E-state index contributed by atoms with van der Waals surface area (Å²) in [5.41, 5.74) is 5.37. The van der Waals surface area contributed by atoms with Gasteiger partial charge in [0.05, 0.1) is 11.0 Å². The van der Waals surface area contributed by atoms with Gasteiger partial charge in [0, 0.05) is 66.0 Å². The number of rotatable bonds is 5. The summed E-state index contributed by atoms with van der Waals surface area (Å²) in [7, 11) is -2.97. The molecule has 0 atom stereocenters. The van der Waals surface area contributed by atoms with Gasteiger partial charge in [0.25, 0.3) is 0 Å². The number of hydrogen-bond acceptors (Lipinski definition) is 3. The second-order valence-electron chi connectivity index (χ2n) is 14.6. The Balaban J connectivity index is 1.18. The van der Waals surface area contributed by atoms with Crippen molar-refractivity contribution in [3.8, 4) is 5.69 Å². The lowest BCUT2D eigenvalue weighted by Gasteiger charge is -2.35. The van der Waals surface area contributed by atoms with Crippen molar-refractivity contribution < 1.29 is 0 Å². The molecule has 4 nitrogen and oxygen atoms in total. The number of thiophene rings is 1. The minimum Gasteiger partial charge on any atom is -0.299 e. The zero-order chi connectivity index (χ0) is 36.8. The van der Waals surface area contributed by atoms with Crippen LogP contribution in [-0.2, 0) is 0 Å². The van der Waals surface area contributed by atoms with Crippen LogP contribution in [-0.4, -0.2) is 27.0 Å². The molecule has 0 saturated heterocycles. The third-order valence-corrected chi connectivity index (χ3v) is 17.6. The number of fused-ring (bicyclic) bond motifs is 12. The molecule has 0 aliphatic rings. The highest BCUT2D eigenvalue weighted by Crippen LogP contribution is 2.40. The van der Waals surface area contributed by atoms with E-state index in [1.165, 1.54) is 57.1 Å². The van der Waals surface area contributed by atoms with E-state index in [1.54, 1.807) is 0 Å². The van der Waals surface area contributed by atoms with Gasteiger partial charge < -0.3 is 0 Å². The van der Waals surface area contributed by atoms with E-state index in [1.807, 2.05) is 23.7 Å². The normalized spacial score (nSPS) is 12.3. The first-order chi connectivity index (χ1) is 27.8. The molecule has 0 radical (unpaired) electrons. The van der Waals surface area contributed by atoms with Crippen molar-refractivity contribution in [3.63, 3.8) is 0 Å². The number of hydrogen-bond donors (Lipinski definition) is 0. The molecule has 0 N–H and O–H groups in total. The zero-order valence-electron chi connectivity index (χ0n) is 30.2. The monoisotopic (exact) mass is 748 g/mol. The summed E-state index contributed by atoms with van der Waals surface area (Å²) < 4.78 is 7.23. The molecule has 0 spiro atoms. The topological polar surface area (TPSA) is 35.1 Å². The van der Waals surface area contributed by atoms with Gasteiger partial charge in [-0.2, -0.15) is 0 Å². The molecule has 0 amide bonds. The fourth-order valence-corrected chi connectivity index (χ4v) is 15.3. The fourth-order valence-electron chi connectivity index (χ4n) is 9.38. The smallest absolute Gasteiger partial charge is 0.179 e. The van der Waals surface area contributed by atoms with E-state index < -0.39 is 8.07 Å². The van der Waals surface area contributed by atoms with Gasteiger partial charge in [0.15, 0.2) is 8.07 Å². The van der Waals surface area contributed by atoms with Crippen LogP contribution in [0.4, 0.5) is 0 Å². The van der Waals surface area contributed by atoms with Gasteiger partial charge in [-0.25, -0.2) is 9.97 Å². The molecule has 0 bridgehead atoms. The molecular formula is C50H32N4SSi. The largest absolute Gasteiger partial charge is 0.299 e. The van der Waals surface area contributed by atoms with Crippen LogP contribution in [0, 0.1) is 0 Å². The highest BCUT2D eigenvalue weighted by atomic mass is 32.1. The van der Waals surface area contributed by atoms with Gasteiger partial charge in [-0.15, -0.1) is 11.3 Å². The molecule has 56 heavy (non-hydrogen) atoms. The molecule has 0 aliphatic carbocycles. The SMILES string of the molecule is c1ccc([Si](c2ccccc2)(c2cccc(-n3c4cc5c(cc4c4cccnc43)sc3ccccc35)c2)c2ccc3c4ccccc4n4ccnc4c3c2)cc1.